The Bertz CT molecular complexity index is 715. The van der Waals surface area contributed by atoms with Crippen LogP contribution in [-0.2, 0) is 10.5 Å². The molecule has 1 unspecified atom stereocenters. The number of carbonyl (C=O) groups excluding carboxylic acids is 1. The van der Waals surface area contributed by atoms with Crippen molar-refractivity contribution in [2.75, 3.05) is 12.3 Å². The van der Waals surface area contributed by atoms with E-state index in [2.05, 4.69) is 11.4 Å². The highest BCUT2D eigenvalue weighted by molar-refractivity contribution is 7.98. The number of thioether (sulfide) groups is 1. The summed E-state index contributed by atoms with van der Waals surface area (Å²) in [7, 11) is 0. The van der Waals surface area contributed by atoms with Crippen molar-refractivity contribution in [1.82, 2.24) is 5.32 Å². The lowest BCUT2D eigenvalue weighted by Gasteiger charge is -2.18. The fraction of sp³-hybridized carbons (Fsp3) is 0.381. The lowest BCUT2D eigenvalue weighted by Crippen LogP contribution is -2.39. The summed E-state index contributed by atoms with van der Waals surface area (Å²) in [5.41, 5.74) is 2.91. The van der Waals surface area contributed by atoms with Crippen LogP contribution >= 0.6 is 11.8 Å². The first-order valence-electron chi connectivity index (χ1n) is 8.83. The van der Waals surface area contributed by atoms with Crippen molar-refractivity contribution in [3.05, 3.63) is 65.0 Å². The van der Waals surface area contributed by atoms with Crippen molar-refractivity contribution in [3.63, 3.8) is 0 Å². The van der Waals surface area contributed by atoms with Crippen LogP contribution in [0.2, 0.25) is 0 Å². The minimum Gasteiger partial charge on any atom is -0.481 e. The Morgan fingerprint density at radius 3 is 2.54 bits per heavy atom. The molecule has 0 heterocycles. The minimum atomic E-state index is -0.507. The number of aryl methyl sites for hydroxylation is 2. The fourth-order valence-electron chi connectivity index (χ4n) is 2.65. The van der Waals surface area contributed by atoms with E-state index in [0.29, 0.717) is 24.3 Å². The highest BCUT2D eigenvalue weighted by Gasteiger charge is 2.18. The molecule has 0 aliphatic carbocycles. The quantitative estimate of drug-likeness (QED) is 0.649. The maximum atomic E-state index is 13.5. The van der Waals surface area contributed by atoms with Crippen LogP contribution in [0.5, 0.6) is 5.75 Å². The molecule has 0 fully saturated rings. The van der Waals surface area contributed by atoms with E-state index in [9.17, 15) is 9.18 Å². The Hall–Kier alpha value is -2.01. The van der Waals surface area contributed by atoms with E-state index in [4.69, 9.17) is 4.74 Å². The molecule has 140 valence electrons. The molecule has 0 spiro atoms. The zero-order valence-corrected chi connectivity index (χ0v) is 16.4. The first-order chi connectivity index (χ1) is 12.5. The van der Waals surface area contributed by atoms with Gasteiger partial charge in [-0.2, -0.15) is 11.8 Å². The Morgan fingerprint density at radius 1 is 1.19 bits per heavy atom. The first-order valence-corrected chi connectivity index (χ1v) is 9.99. The normalized spacial score (nSPS) is 11.8. The number of hydrogen-bond donors (Lipinski definition) is 1. The topological polar surface area (TPSA) is 38.3 Å². The van der Waals surface area contributed by atoms with Crippen molar-refractivity contribution in [3.8, 4) is 5.75 Å². The van der Waals surface area contributed by atoms with Crippen LogP contribution in [-0.4, -0.2) is 24.3 Å². The second-order valence-corrected chi connectivity index (χ2v) is 7.38. The molecule has 2 aromatic carbocycles. The van der Waals surface area contributed by atoms with Crippen molar-refractivity contribution in [2.45, 2.75) is 39.0 Å². The molecule has 1 atom stereocenters. The smallest absolute Gasteiger partial charge is 0.261 e. The van der Waals surface area contributed by atoms with Gasteiger partial charge in [-0.15, -0.1) is 0 Å². The minimum absolute atomic E-state index is 0.113. The highest BCUT2D eigenvalue weighted by Crippen LogP contribution is 2.19. The molecule has 2 aromatic rings. The van der Waals surface area contributed by atoms with Crippen molar-refractivity contribution in [1.29, 1.82) is 0 Å². The van der Waals surface area contributed by atoms with Gasteiger partial charge < -0.3 is 10.1 Å². The van der Waals surface area contributed by atoms with Crippen LogP contribution in [0, 0.1) is 19.7 Å². The van der Waals surface area contributed by atoms with Crippen LogP contribution < -0.4 is 10.1 Å². The summed E-state index contributed by atoms with van der Waals surface area (Å²) in [4.78, 5) is 12.3. The molecule has 2 rings (SSSR count). The molecule has 1 amide bonds. The average Bonchev–Trinajstić information content (AvgIpc) is 2.60. The first kappa shape index (κ1) is 20.3. The van der Waals surface area contributed by atoms with Crippen LogP contribution in [0.1, 0.15) is 30.0 Å². The van der Waals surface area contributed by atoms with Crippen LogP contribution in [0.4, 0.5) is 4.39 Å². The molecular formula is C21H26FNO2S. The van der Waals surface area contributed by atoms with Gasteiger partial charge in [-0.05, 0) is 55.2 Å². The van der Waals surface area contributed by atoms with Gasteiger partial charge in [0.05, 0.1) is 0 Å². The summed E-state index contributed by atoms with van der Waals surface area (Å²) in [5.74, 6) is 1.74. The summed E-state index contributed by atoms with van der Waals surface area (Å²) in [6, 6.07) is 12.7. The molecule has 0 aromatic heterocycles. The van der Waals surface area contributed by atoms with Gasteiger partial charge in [-0.25, -0.2) is 4.39 Å². The maximum Gasteiger partial charge on any atom is 0.261 e. The van der Waals surface area contributed by atoms with Gasteiger partial charge in [0.2, 0.25) is 0 Å². The van der Waals surface area contributed by atoms with E-state index in [1.54, 1.807) is 23.9 Å². The van der Waals surface area contributed by atoms with Gasteiger partial charge in [0, 0.05) is 18.1 Å². The number of hydrogen-bond acceptors (Lipinski definition) is 3. The molecule has 0 saturated heterocycles. The third-order valence-electron chi connectivity index (χ3n) is 3.90. The van der Waals surface area contributed by atoms with Gasteiger partial charge in [0.1, 0.15) is 11.6 Å². The predicted octanol–water partition coefficient (Wildman–Crippen LogP) is 4.65. The zero-order valence-electron chi connectivity index (χ0n) is 15.5. The largest absolute Gasteiger partial charge is 0.481 e. The monoisotopic (exact) mass is 375 g/mol. The summed E-state index contributed by atoms with van der Waals surface area (Å²) in [6.07, 6.45) is 0.0917. The van der Waals surface area contributed by atoms with E-state index >= 15 is 0 Å². The van der Waals surface area contributed by atoms with E-state index in [-0.39, 0.29) is 11.7 Å². The molecule has 3 nitrogen and oxygen atoms in total. The molecule has 5 heteroatoms. The third-order valence-corrected chi connectivity index (χ3v) is 4.91. The number of rotatable bonds is 9. The molecule has 0 aliphatic heterocycles. The number of amides is 1. The summed E-state index contributed by atoms with van der Waals surface area (Å²) in [5, 5.41) is 2.91. The lowest BCUT2D eigenvalue weighted by molar-refractivity contribution is -0.127. The number of nitrogens with one attached hydrogen (secondary N) is 1. The molecule has 26 heavy (non-hydrogen) atoms. The summed E-state index contributed by atoms with van der Waals surface area (Å²) < 4.78 is 19.4. The Morgan fingerprint density at radius 2 is 1.88 bits per heavy atom. The second-order valence-electron chi connectivity index (χ2n) is 6.27. The van der Waals surface area contributed by atoms with Gasteiger partial charge in [-0.3, -0.25) is 4.79 Å². The fourth-order valence-corrected chi connectivity index (χ4v) is 3.49. The predicted molar refractivity (Wildman–Crippen MR) is 106 cm³/mol. The number of halogens is 1. The SMILES string of the molecule is CCC(Oc1cc(C)cc(C)c1)C(=O)NCCSCc1ccccc1F. The molecule has 1 N–H and O–H groups in total. The van der Waals surface area contributed by atoms with Gasteiger partial charge >= 0.3 is 0 Å². The van der Waals surface area contributed by atoms with Crippen molar-refractivity contribution in [2.24, 2.45) is 0 Å². The number of benzene rings is 2. The number of ether oxygens (including phenoxy) is 1. The zero-order chi connectivity index (χ0) is 18.9. The van der Waals surface area contributed by atoms with Gasteiger partial charge in [0.15, 0.2) is 6.10 Å². The molecular weight excluding hydrogens is 349 g/mol. The van der Waals surface area contributed by atoms with E-state index in [1.807, 2.05) is 39.0 Å². The van der Waals surface area contributed by atoms with E-state index in [0.717, 1.165) is 22.6 Å². The Kier molecular flexibility index (Phi) is 7.98. The average molecular weight is 376 g/mol. The second kappa shape index (κ2) is 10.2. The highest BCUT2D eigenvalue weighted by atomic mass is 32.2. The van der Waals surface area contributed by atoms with Crippen LogP contribution in [0.3, 0.4) is 0 Å². The van der Waals surface area contributed by atoms with E-state index < -0.39 is 6.10 Å². The van der Waals surface area contributed by atoms with Crippen LogP contribution in [0.15, 0.2) is 42.5 Å². The Labute approximate surface area is 159 Å². The maximum absolute atomic E-state index is 13.5. The lowest BCUT2D eigenvalue weighted by atomic mass is 10.1. The van der Waals surface area contributed by atoms with Gasteiger partial charge in [0.25, 0.3) is 5.91 Å². The van der Waals surface area contributed by atoms with Crippen molar-refractivity contribution >= 4 is 17.7 Å². The molecule has 0 radical (unpaired) electrons. The summed E-state index contributed by atoms with van der Waals surface area (Å²) in [6.45, 7) is 6.48. The molecule has 0 bridgehead atoms. The molecule has 0 saturated carbocycles. The molecule has 0 aliphatic rings. The van der Waals surface area contributed by atoms with Gasteiger partial charge in [-0.1, -0.05) is 31.2 Å². The Balaban J connectivity index is 1.75. The number of carbonyl (C=O) groups is 1. The standard InChI is InChI=1S/C21H26FNO2S/c1-4-20(25-18-12-15(2)11-16(3)13-18)21(24)23-9-10-26-14-17-7-5-6-8-19(17)22/h5-8,11-13,20H,4,9-10,14H2,1-3H3,(H,23,24). The van der Waals surface area contributed by atoms with E-state index in [1.165, 1.54) is 6.07 Å². The third kappa shape index (κ3) is 6.37. The van der Waals surface area contributed by atoms with Crippen LogP contribution in [0.25, 0.3) is 0 Å². The summed E-state index contributed by atoms with van der Waals surface area (Å²) >= 11 is 1.59. The van der Waals surface area contributed by atoms with Crippen molar-refractivity contribution < 1.29 is 13.9 Å².